The Morgan fingerprint density at radius 2 is 1.78 bits per heavy atom. The Labute approximate surface area is 188 Å². The van der Waals surface area contributed by atoms with E-state index in [1.807, 2.05) is 0 Å². The van der Waals surface area contributed by atoms with Crippen LogP contribution in [-0.2, 0) is 25.7 Å². The summed E-state index contributed by atoms with van der Waals surface area (Å²) in [6, 6.07) is 4.53. The third kappa shape index (κ3) is 6.02. The Hall–Kier alpha value is -3.03. The summed E-state index contributed by atoms with van der Waals surface area (Å²) in [6.07, 6.45) is 9.66. The number of hydrogen-bond donors (Lipinski definition) is 2. The standard InChI is InChI=1S/C24H31N3O5/c28-15-8-6-4-2-1-3-5-7-12-21(29)25-19-11-9-10-17-18(19)16-27(24(17)32)20-13-14-22(30)26-23(20)31/h9-11,15,20H,1-8,12-14,16H2,(H,25,29)(H,26,30,31). The van der Waals surface area contributed by atoms with E-state index in [-0.39, 0.29) is 30.7 Å². The topological polar surface area (TPSA) is 113 Å². The number of carbonyl (C=O) groups excluding carboxylic acids is 5. The zero-order valence-electron chi connectivity index (χ0n) is 18.4. The summed E-state index contributed by atoms with van der Waals surface area (Å²) in [5.74, 6) is -1.10. The summed E-state index contributed by atoms with van der Waals surface area (Å²) in [4.78, 5) is 60.7. The van der Waals surface area contributed by atoms with Gasteiger partial charge in [0.05, 0.1) is 0 Å². The molecule has 2 N–H and O–H groups in total. The van der Waals surface area contributed by atoms with E-state index in [4.69, 9.17) is 0 Å². The van der Waals surface area contributed by atoms with Crippen molar-refractivity contribution in [3.05, 3.63) is 29.3 Å². The molecule has 0 aliphatic carbocycles. The van der Waals surface area contributed by atoms with E-state index in [9.17, 15) is 24.0 Å². The van der Waals surface area contributed by atoms with Gasteiger partial charge in [-0.25, -0.2) is 0 Å². The molecule has 1 unspecified atom stereocenters. The van der Waals surface area contributed by atoms with Crippen LogP contribution in [0.2, 0.25) is 0 Å². The van der Waals surface area contributed by atoms with Crippen molar-refractivity contribution >= 4 is 35.6 Å². The lowest BCUT2D eigenvalue weighted by Gasteiger charge is -2.29. The first-order valence-corrected chi connectivity index (χ1v) is 11.5. The van der Waals surface area contributed by atoms with Crippen molar-refractivity contribution in [2.24, 2.45) is 0 Å². The molecule has 8 nitrogen and oxygen atoms in total. The molecule has 172 valence electrons. The molecule has 32 heavy (non-hydrogen) atoms. The zero-order chi connectivity index (χ0) is 22.9. The van der Waals surface area contributed by atoms with Gasteiger partial charge in [-0.1, -0.05) is 38.2 Å². The number of carbonyl (C=O) groups is 5. The van der Waals surface area contributed by atoms with Crippen LogP contribution in [0.4, 0.5) is 5.69 Å². The van der Waals surface area contributed by atoms with Crippen LogP contribution in [0, 0.1) is 0 Å². The third-order valence-electron chi connectivity index (χ3n) is 6.08. The van der Waals surface area contributed by atoms with Gasteiger partial charge in [0, 0.05) is 42.6 Å². The summed E-state index contributed by atoms with van der Waals surface area (Å²) in [6.45, 7) is 0.237. The number of rotatable bonds is 12. The van der Waals surface area contributed by atoms with E-state index in [1.165, 1.54) is 4.90 Å². The van der Waals surface area contributed by atoms with Gasteiger partial charge in [-0.05, 0) is 31.4 Å². The third-order valence-corrected chi connectivity index (χ3v) is 6.08. The predicted octanol–water partition coefficient (Wildman–Crippen LogP) is 3.10. The van der Waals surface area contributed by atoms with Gasteiger partial charge in [-0.3, -0.25) is 24.5 Å². The van der Waals surface area contributed by atoms with Crippen LogP contribution in [0.15, 0.2) is 18.2 Å². The summed E-state index contributed by atoms with van der Waals surface area (Å²) < 4.78 is 0. The minimum Gasteiger partial charge on any atom is -0.326 e. The van der Waals surface area contributed by atoms with Gasteiger partial charge >= 0.3 is 0 Å². The van der Waals surface area contributed by atoms with E-state index in [0.29, 0.717) is 36.1 Å². The first-order valence-electron chi connectivity index (χ1n) is 11.5. The Morgan fingerprint density at radius 1 is 1.06 bits per heavy atom. The minimum atomic E-state index is -0.672. The molecule has 1 aromatic carbocycles. The van der Waals surface area contributed by atoms with E-state index in [1.54, 1.807) is 18.2 Å². The first kappa shape index (κ1) is 23.6. The molecular weight excluding hydrogens is 410 g/mol. The van der Waals surface area contributed by atoms with Crippen LogP contribution in [0.3, 0.4) is 0 Å². The van der Waals surface area contributed by atoms with Crippen molar-refractivity contribution in [3.63, 3.8) is 0 Å². The molecule has 0 radical (unpaired) electrons. The average molecular weight is 442 g/mol. The Balaban J connectivity index is 1.47. The Bertz CT molecular complexity index is 882. The average Bonchev–Trinajstić information content (AvgIpc) is 3.10. The number of amides is 4. The monoisotopic (exact) mass is 441 g/mol. The van der Waals surface area contributed by atoms with Gasteiger partial charge in [-0.2, -0.15) is 0 Å². The lowest BCUT2D eigenvalue weighted by molar-refractivity contribution is -0.137. The number of anilines is 1. The second kappa shape index (κ2) is 11.5. The molecule has 8 heteroatoms. The first-order chi connectivity index (χ1) is 15.5. The fourth-order valence-corrected chi connectivity index (χ4v) is 4.31. The minimum absolute atomic E-state index is 0.0868. The molecular formula is C24H31N3O5. The van der Waals surface area contributed by atoms with Gasteiger partial charge in [0.1, 0.15) is 12.3 Å². The Morgan fingerprint density at radius 3 is 2.50 bits per heavy atom. The zero-order valence-corrected chi connectivity index (χ0v) is 18.4. The highest BCUT2D eigenvalue weighted by Gasteiger charge is 2.39. The van der Waals surface area contributed by atoms with Crippen LogP contribution in [0.25, 0.3) is 0 Å². The molecule has 0 aromatic heterocycles. The SMILES string of the molecule is O=CCCCCCCCCCC(=O)Nc1cccc2c1CN(C1CCC(=O)NC1=O)C2=O. The second-order valence-electron chi connectivity index (χ2n) is 8.46. The highest BCUT2D eigenvalue weighted by molar-refractivity contribution is 6.06. The van der Waals surface area contributed by atoms with E-state index in [0.717, 1.165) is 51.2 Å². The smallest absolute Gasteiger partial charge is 0.255 e. The van der Waals surface area contributed by atoms with Gasteiger partial charge in [0.2, 0.25) is 17.7 Å². The van der Waals surface area contributed by atoms with Crippen LogP contribution < -0.4 is 10.6 Å². The van der Waals surface area contributed by atoms with Crippen molar-refractivity contribution in [2.45, 2.75) is 83.2 Å². The van der Waals surface area contributed by atoms with E-state index < -0.39 is 11.9 Å². The highest BCUT2D eigenvalue weighted by atomic mass is 16.2. The van der Waals surface area contributed by atoms with Crippen molar-refractivity contribution < 1.29 is 24.0 Å². The number of benzene rings is 1. The summed E-state index contributed by atoms with van der Waals surface area (Å²) in [7, 11) is 0. The summed E-state index contributed by atoms with van der Waals surface area (Å²) >= 11 is 0. The van der Waals surface area contributed by atoms with Gasteiger partial charge in [0.15, 0.2) is 0 Å². The number of nitrogens with one attached hydrogen (secondary N) is 2. The number of fused-ring (bicyclic) bond motifs is 1. The molecule has 4 amide bonds. The predicted molar refractivity (Wildman–Crippen MR) is 119 cm³/mol. The molecule has 2 aliphatic heterocycles. The molecule has 2 aliphatic rings. The summed E-state index contributed by atoms with van der Waals surface area (Å²) in [5.41, 5.74) is 1.80. The maximum absolute atomic E-state index is 12.8. The van der Waals surface area contributed by atoms with Crippen molar-refractivity contribution in [3.8, 4) is 0 Å². The Kier molecular flexibility index (Phi) is 8.53. The molecule has 0 bridgehead atoms. The molecule has 1 fully saturated rings. The maximum Gasteiger partial charge on any atom is 0.255 e. The van der Waals surface area contributed by atoms with E-state index in [2.05, 4.69) is 10.6 Å². The van der Waals surface area contributed by atoms with Gasteiger partial charge in [0.25, 0.3) is 5.91 Å². The molecule has 2 heterocycles. The second-order valence-corrected chi connectivity index (χ2v) is 8.46. The normalized spacial score (nSPS) is 17.8. The fourth-order valence-electron chi connectivity index (χ4n) is 4.31. The number of imide groups is 1. The molecule has 1 saturated heterocycles. The van der Waals surface area contributed by atoms with Crippen LogP contribution in [-0.4, -0.2) is 40.9 Å². The molecule has 1 aromatic rings. The lowest BCUT2D eigenvalue weighted by Crippen LogP contribution is -2.52. The highest BCUT2D eigenvalue weighted by Crippen LogP contribution is 2.32. The van der Waals surface area contributed by atoms with E-state index >= 15 is 0 Å². The molecule has 1 atom stereocenters. The van der Waals surface area contributed by atoms with Crippen LogP contribution in [0.5, 0.6) is 0 Å². The number of nitrogens with zero attached hydrogens (tertiary/aromatic N) is 1. The molecule has 0 spiro atoms. The van der Waals surface area contributed by atoms with Crippen molar-refractivity contribution in [1.82, 2.24) is 10.2 Å². The largest absolute Gasteiger partial charge is 0.326 e. The summed E-state index contributed by atoms with van der Waals surface area (Å²) in [5, 5.41) is 5.22. The van der Waals surface area contributed by atoms with Crippen molar-refractivity contribution in [1.29, 1.82) is 0 Å². The van der Waals surface area contributed by atoms with Crippen LogP contribution in [0.1, 0.15) is 86.6 Å². The van der Waals surface area contributed by atoms with Crippen molar-refractivity contribution in [2.75, 3.05) is 5.32 Å². The number of aldehydes is 1. The quantitative estimate of drug-likeness (QED) is 0.294. The van der Waals surface area contributed by atoms with Crippen LogP contribution >= 0.6 is 0 Å². The lowest BCUT2D eigenvalue weighted by atomic mass is 10.0. The molecule has 0 saturated carbocycles. The number of hydrogen-bond acceptors (Lipinski definition) is 5. The number of unbranched alkanes of at least 4 members (excludes halogenated alkanes) is 7. The van der Waals surface area contributed by atoms with Gasteiger partial charge < -0.3 is 15.0 Å². The van der Waals surface area contributed by atoms with Gasteiger partial charge in [-0.15, -0.1) is 0 Å². The fraction of sp³-hybridized carbons (Fsp3) is 0.542. The number of piperidine rings is 1. The molecule has 3 rings (SSSR count). The maximum atomic E-state index is 12.8.